The van der Waals surface area contributed by atoms with E-state index >= 15 is 0 Å². The normalized spacial score (nSPS) is 30.4. The Morgan fingerprint density at radius 1 is 1.23 bits per heavy atom. The summed E-state index contributed by atoms with van der Waals surface area (Å²) in [6.07, 6.45) is 5.05. The number of rotatable bonds is 1. The van der Waals surface area contributed by atoms with Gasteiger partial charge in [-0.1, -0.05) is 0 Å². The van der Waals surface area contributed by atoms with Crippen molar-refractivity contribution in [2.45, 2.75) is 6.42 Å². The van der Waals surface area contributed by atoms with E-state index in [-0.39, 0.29) is 0 Å². The fourth-order valence-corrected chi connectivity index (χ4v) is 2.24. The first-order chi connectivity index (χ1) is 6.33. The number of nitrogens with zero attached hydrogens (tertiary/aromatic N) is 3. The molecule has 1 saturated heterocycles. The number of fused-ring (bicyclic) bond motifs is 1. The maximum atomic E-state index is 4.28. The van der Waals surface area contributed by atoms with Crippen molar-refractivity contribution in [3.63, 3.8) is 0 Å². The molecular formula is C9H10BrN3. The molecule has 68 valence electrons. The highest BCUT2D eigenvalue weighted by atomic mass is 79.9. The minimum absolute atomic E-state index is 0.885. The summed E-state index contributed by atoms with van der Waals surface area (Å²) in [5, 5.41) is 0. The molecule has 2 heterocycles. The molecule has 1 aromatic heterocycles. The van der Waals surface area contributed by atoms with Gasteiger partial charge in [-0.3, -0.25) is 0 Å². The van der Waals surface area contributed by atoms with Gasteiger partial charge >= 0.3 is 0 Å². The van der Waals surface area contributed by atoms with Gasteiger partial charge in [0.05, 0.1) is 4.47 Å². The molecule has 4 heteroatoms. The van der Waals surface area contributed by atoms with Crippen molar-refractivity contribution < 1.29 is 0 Å². The van der Waals surface area contributed by atoms with Crippen molar-refractivity contribution >= 4 is 21.9 Å². The van der Waals surface area contributed by atoms with Crippen LogP contribution in [0.1, 0.15) is 6.42 Å². The number of hydrogen-bond donors (Lipinski definition) is 0. The Kier molecular flexibility index (Phi) is 1.59. The maximum Gasteiger partial charge on any atom is 0.225 e. The third-order valence-corrected chi connectivity index (χ3v) is 3.28. The summed E-state index contributed by atoms with van der Waals surface area (Å²) in [5.41, 5.74) is 0. The van der Waals surface area contributed by atoms with Gasteiger partial charge in [-0.25, -0.2) is 9.97 Å². The van der Waals surface area contributed by atoms with Crippen molar-refractivity contribution in [2.24, 2.45) is 11.8 Å². The second-order valence-electron chi connectivity index (χ2n) is 3.86. The van der Waals surface area contributed by atoms with E-state index in [0.717, 1.165) is 35.3 Å². The summed E-state index contributed by atoms with van der Waals surface area (Å²) in [5.74, 6) is 2.76. The quantitative estimate of drug-likeness (QED) is 0.748. The standard InChI is InChI=1S/C9H10BrN3/c10-8-2-11-9(12-3-8)13-4-6-1-7(6)5-13/h2-3,6-7H,1,4-5H2. The van der Waals surface area contributed by atoms with Gasteiger partial charge in [0.2, 0.25) is 5.95 Å². The van der Waals surface area contributed by atoms with E-state index in [4.69, 9.17) is 0 Å². The van der Waals surface area contributed by atoms with E-state index in [2.05, 4.69) is 30.8 Å². The van der Waals surface area contributed by atoms with Crippen LogP contribution < -0.4 is 4.90 Å². The van der Waals surface area contributed by atoms with Crippen LogP contribution in [0.25, 0.3) is 0 Å². The fraction of sp³-hybridized carbons (Fsp3) is 0.556. The molecule has 1 aliphatic carbocycles. The van der Waals surface area contributed by atoms with Crippen LogP contribution in [-0.2, 0) is 0 Å². The number of aromatic nitrogens is 2. The molecule has 3 nitrogen and oxygen atoms in total. The van der Waals surface area contributed by atoms with E-state index in [1.54, 1.807) is 0 Å². The van der Waals surface area contributed by atoms with Crippen LogP contribution in [0.5, 0.6) is 0 Å². The molecule has 0 radical (unpaired) electrons. The van der Waals surface area contributed by atoms with Crippen LogP contribution >= 0.6 is 15.9 Å². The molecule has 3 rings (SSSR count). The molecule has 1 aliphatic heterocycles. The van der Waals surface area contributed by atoms with Crippen LogP contribution in [0.3, 0.4) is 0 Å². The summed E-state index contributed by atoms with van der Waals surface area (Å²) < 4.78 is 0.945. The largest absolute Gasteiger partial charge is 0.340 e. The molecule has 0 N–H and O–H groups in total. The number of hydrogen-bond acceptors (Lipinski definition) is 3. The lowest BCUT2D eigenvalue weighted by molar-refractivity contribution is 0.786. The molecule has 0 aromatic carbocycles. The highest BCUT2D eigenvalue weighted by molar-refractivity contribution is 9.10. The minimum Gasteiger partial charge on any atom is -0.340 e. The number of anilines is 1. The third kappa shape index (κ3) is 1.33. The molecule has 2 fully saturated rings. The first kappa shape index (κ1) is 7.74. The summed E-state index contributed by atoms with van der Waals surface area (Å²) >= 11 is 3.33. The average molecular weight is 240 g/mol. The zero-order chi connectivity index (χ0) is 8.84. The Bertz CT molecular complexity index is 314. The van der Waals surface area contributed by atoms with Gasteiger partial charge in [0, 0.05) is 25.5 Å². The Hall–Kier alpha value is -0.640. The molecule has 13 heavy (non-hydrogen) atoms. The lowest BCUT2D eigenvalue weighted by Gasteiger charge is -2.16. The third-order valence-electron chi connectivity index (χ3n) is 2.87. The summed E-state index contributed by atoms with van der Waals surface area (Å²) in [4.78, 5) is 10.8. The molecule has 1 saturated carbocycles. The first-order valence-corrected chi connectivity index (χ1v) is 5.35. The zero-order valence-electron chi connectivity index (χ0n) is 7.15. The Balaban J connectivity index is 1.81. The summed E-state index contributed by atoms with van der Waals surface area (Å²) in [6, 6.07) is 0. The monoisotopic (exact) mass is 239 g/mol. The van der Waals surface area contributed by atoms with Crippen molar-refractivity contribution in [3.8, 4) is 0 Å². The SMILES string of the molecule is Brc1cnc(N2CC3CC3C2)nc1. The number of piperidine rings is 1. The van der Waals surface area contributed by atoms with E-state index < -0.39 is 0 Å². The predicted molar refractivity (Wildman–Crippen MR) is 53.5 cm³/mol. The topological polar surface area (TPSA) is 29.0 Å². The van der Waals surface area contributed by atoms with Crippen molar-refractivity contribution in [1.82, 2.24) is 9.97 Å². The lowest BCUT2D eigenvalue weighted by atomic mass is 10.4. The van der Waals surface area contributed by atoms with Crippen LogP contribution in [0.2, 0.25) is 0 Å². The van der Waals surface area contributed by atoms with Crippen LogP contribution in [-0.4, -0.2) is 23.1 Å². The van der Waals surface area contributed by atoms with E-state index in [1.807, 2.05) is 12.4 Å². The van der Waals surface area contributed by atoms with E-state index in [1.165, 1.54) is 6.42 Å². The predicted octanol–water partition coefficient (Wildman–Crippen LogP) is 1.70. The maximum absolute atomic E-state index is 4.28. The second kappa shape index (κ2) is 2.67. The average Bonchev–Trinajstić information content (AvgIpc) is 2.75. The van der Waals surface area contributed by atoms with Gasteiger partial charge in [-0.15, -0.1) is 0 Å². The highest BCUT2D eigenvalue weighted by Gasteiger charge is 2.45. The highest BCUT2D eigenvalue weighted by Crippen LogP contribution is 2.45. The molecule has 0 spiro atoms. The first-order valence-electron chi connectivity index (χ1n) is 4.55. The van der Waals surface area contributed by atoms with E-state index in [0.29, 0.717) is 0 Å². The fourth-order valence-electron chi connectivity index (χ4n) is 2.03. The molecule has 0 bridgehead atoms. The Morgan fingerprint density at radius 2 is 1.85 bits per heavy atom. The molecule has 1 aromatic rings. The lowest BCUT2D eigenvalue weighted by Crippen LogP contribution is -2.23. The van der Waals surface area contributed by atoms with Gasteiger partial charge in [0.15, 0.2) is 0 Å². The van der Waals surface area contributed by atoms with Gasteiger partial charge < -0.3 is 4.90 Å². The van der Waals surface area contributed by atoms with Crippen LogP contribution in [0.4, 0.5) is 5.95 Å². The van der Waals surface area contributed by atoms with Crippen molar-refractivity contribution in [1.29, 1.82) is 0 Å². The molecule has 2 atom stereocenters. The smallest absolute Gasteiger partial charge is 0.225 e. The van der Waals surface area contributed by atoms with Crippen molar-refractivity contribution in [2.75, 3.05) is 18.0 Å². The van der Waals surface area contributed by atoms with E-state index in [9.17, 15) is 0 Å². The second-order valence-corrected chi connectivity index (χ2v) is 4.78. The molecule has 2 unspecified atom stereocenters. The molecule has 0 amide bonds. The zero-order valence-corrected chi connectivity index (χ0v) is 8.74. The molecule has 2 aliphatic rings. The van der Waals surface area contributed by atoms with Gasteiger partial charge in [0.25, 0.3) is 0 Å². The number of halogens is 1. The van der Waals surface area contributed by atoms with Crippen LogP contribution in [0.15, 0.2) is 16.9 Å². The minimum atomic E-state index is 0.885. The van der Waals surface area contributed by atoms with Crippen LogP contribution in [0, 0.1) is 11.8 Å². The van der Waals surface area contributed by atoms with Gasteiger partial charge in [-0.2, -0.15) is 0 Å². The van der Waals surface area contributed by atoms with Gasteiger partial charge in [0.1, 0.15) is 0 Å². The van der Waals surface area contributed by atoms with Gasteiger partial charge in [-0.05, 0) is 34.2 Å². The van der Waals surface area contributed by atoms with Crippen molar-refractivity contribution in [3.05, 3.63) is 16.9 Å². The Morgan fingerprint density at radius 3 is 2.46 bits per heavy atom. The summed E-state index contributed by atoms with van der Waals surface area (Å²) in [7, 11) is 0. The summed E-state index contributed by atoms with van der Waals surface area (Å²) in [6.45, 7) is 2.32. The Labute approximate surface area is 85.3 Å². The molecular weight excluding hydrogens is 230 g/mol.